The van der Waals surface area contributed by atoms with Crippen LogP contribution in [0.3, 0.4) is 0 Å². The highest BCUT2D eigenvalue weighted by Gasteiger charge is 2.21. The molecule has 0 amide bonds. The quantitative estimate of drug-likeness (QED) is 0.462. The SMILES string of the molecule is COCC(C)n1c(C)cc(C(=O)COC(=O)c2cn3ccc(C)cc3n2)c1C. The van der Waals surface area contributed by atoms with E-state index in [4.69, 9.17) is 9.47 Å². The van der Waals surface area contributed by atoms with E-state index in [1.165, 1.54) is 0 Å². The number of nitrogens with zero attached hydrogens (tertiary/aromatic N) is 3. The number of methoxy groups -OCH3 is 1. The Kier molecular flexibility index (Phi) is 5.65. The molecule has 3 heterocycles. The second-order valence-electron chi connectivity index (χ2n) is 7.05. The number of hydrogen-bond donors (Lipinski definition) is 0. The minimum Gasteiger partial charge on any atom is -0.453 e. The van der Waals surface area contributed by atoms with Gasteiger partial charge >= 0.3 is 5.97 Å². The van der Waals surface area contributed by atoms with Gasteiger partial charge in [0.05, 0.1) is 12.6 Å². The van der Waals surface area contributed by atoms with E-state index in [1.807, 2.05) is 52.1 Å². The topological polar surface area (TPSA) is 74.8 Å². The van der Waals surface area contributed by atoms with Gasteiger partial charge in [0, 0.05) is 36.5 Å². The molecule has 1 atom stereocenters. The van der Waals surface area contributed by atoms with Crippen LogP contribution in [0.1, 0.15) is 50.8 Å². The summed E-state index contributed by atoms with van der Waals surface area (Å²) in [7, 11) is 1.65. The average molecular weight is 383 g/mol. The molecular formula is C21H25N3O4. The molecule has 0 saturated carbocycles. The zero-order chi connectivity index (χ0) is 20.4. The largest absolute Gasteiger partial charge is 0.453 e. The lowest BCUT2D eigenvalue weighted by atomic mass is 10.1. The maximum Gasteiger partial charge on any atom is 0.359 e. The number of aryl methyl sites for hydroxylation is 2. The minimum atomic E-state index is -0.615. The molecule has 7 heteroatoms. The van der Waals surface area contributed by atoms with E-state index in [2.05, 4.69) is 9.55 Å². The van der Waals surface area contributed by atoms with Crippen LogP contribution in [0, 0.1) is 20.8 Å². The first-order valence-corrected chi connectivity index (χ1v) is 9.15. The van der Waals surface area contributed by atoms with Gasteiger partial charge in [0.1, 0.15) is 5.65 Å². The molecule has 0 aromatic carbocycles. The van der Waals surface area contributed by atoms with Crippen molar-refractivity contribution in [2.75, 3.05) is 20.3 Å². The molecule has 1 unspecified atom stereocenters. The number of ketones is 1. The molecule has 3 rings (SSSR count). The molecule has 0 fully saturated rings. The summed E-state index contributed by atoms with van der Waals surface area (Å²) in [6, 6.07) is 5.73. The molecule has 3 aromatic rings. The number of rotatable bonds is 7. The van der Waals surface area contributed by atoms with Crippen LogP contribution in [-0.2, 0) is 9.47 Å². The summed E-state index contributed by atoms with van der Waals surface area (Å²) in [5.41, 5.74) is 4.25. The molecule has 3 aromatic heterocycles. The first-order chi connectivity index (χ1) is 13.3. The average Bonchev–Trinajstić information content (AvgIpc) is 3.19. The van der Waals surface area contributed by atoms with Gasteiger partial charge in [-0.1, -0.05) is 0 Å². The molecule has 28 heavy (non-hydrogen) atoms. The van der Waals surface area contributed by atoms with Gasteiger partial charge in [-0.2, -0.15) is 0 Å². The smallest absolute Gasteiger partial charge is 0.359 e. The van der Waals surface area contributed by atoms with Gasteiger partial charge in [0.15, 0.2) is 12.3 Å². The molecule has 0 aliphatic rings. The second-order valence-corrected chi connectivity index (χ2v) is 7.05. The van der Waals surface area contributed by atoms with Gasteiger partial charge in [0.2, 0.25) is 5.78 Å². The number of aromatic nitrogens is 3. The van der Waals surface area contributed by atoms with Gasteiger partial charge < -0.3 is 18.4 Å². The molecule has 148 valence electrons. The maximum atomic E-state index is 12.6. The number of carbonyl (C=O) groups excluding carboxylic acids is 2. The van der Waals surface area contributed by atoms with Crippen LogP contribution in [0.5, 0.6) is 0 Å². The lowest BCUT2D eigenvalue weighted by Crippen LogP contribution is -2.17. The van der Waals surface area contributed by atoms with Crippen LogP contribution < -0.4 is 0 Å². The third kappa shape index (κ3) is 3.84. The molecular weight excluding hydrogens is 358 g/mol. The van der Waals surface area contributed by atoms with Crippen LogP contribution in [0.4, 0.5) is 0 Å². The fraction of sp³-hybridized carbons (Fsp3) is 0.381. The minimum absolute atomic E-state index is 0.107. The molecule has 0 N–H and O–H groups in total. The summed E-state index contributed by atoms with van der Waals surface area (Å²) in [5.74, 6) is -0.854. The Morgan fingerprint density at radius 2 is 1.96 bits per heavy atom. The number of fused-ring (bicyclic) bond motifs is 1. The monoisotopic (exact) mass is 383 g/mol. The third-order valence-electron chi connectivity index (χ3n) is 4.79. The van der Waals surface area contributed by atoms with E-state index in [0.717, 1.165) is 17.0 Å². The molecule has 0 bridgehead atoms. The highest BCUT2D eigenvalue weighted by Crippen LogP contribution is 2.21. The van der Waals surface area contributed by atoms with Gasteiger partial charge in [-0.3, -0.25) is 4.79 Å². The lowest BCUT2D eigenvalue weighted by Gasteiger charge is -2.17. The fourth-order valence-electron chi connectivity index (χ4n) is 3.52. The van der Waals surface area contributed by atoms with Crippen LogP contribution in [0.25, 0.3) is 5.65 Å². The van der Waals surface area contributed by atoms with Crippen LogP contribution >= 0.6 is 0 Å². The maximum absolute atomic E-state index is 12.6. The van der Waals surface area contributed by atoms with Crippen molar-refractivity contribution < 1.29 is 19.1 Å². The highest BCUT2D eigenvalue weighted by atomic mass is 16.5. The van der Waals surface area contributed by atoms with Gasteiger partial charge in [-0.15, -0.1) is 0 Å². The summed E-state index contributed by atoms with van der Waals surface area (Å²) in [5, 5.41) is 0. The molecule has 0 radical (unpaired) electrons. The first-order valence-electron chi connectivity index (χ1n) is 9.15. The zero-order valence-corrected chi connectivity index (χ0v) is 16.9. The summed E-state index contributed by atoms with van der Waals surface area (Å²) in [6.07, 6.45) is 3.43. The number of Topliss-reactive ketones (excluding diaryl/α,β-unsaturated/α-hetero) is 1. The Balaban J connectivity index is 1.71. The molecule has 0 aliphatic carbocycles. The normalized spacial score (nSPS) is 12.3. The highest BCUT2D eigenvalue weighted by molar-refractivity contribution is 6.00. The van der Waals surface area contributed by atoms with Crippen molar-refractivity contribution >= 4 is 17.4 Å². The standard InChI is InChI=1S/C21H25N3O4/c1-13-6-7-23-10-18(22-20(23)8-13)21(26)28-12-19(25)17-9-14(2)24(16(17)4)15(3)11-27-5/h6-10,15H,11-12H2,1-5H3. The number of ether oxygens (including phenoxy) is 2. The Hall–Kier alpha value is -2.93. The molecule has 0 spiro atoms. The number of carbonyl (C=O) groups is 2. The van der Waals surface area contributed by atoms with E-state index >= 15 is 0 Å². The van der Waals surface area contributed by atoms with Crippen molar-refractivity contribution in [1.29, 1.82) is 0 Å². The van der Waals surface area contributed by atoms with Crippen LogP contribution in [-0.4, -0.2) is 46.0 Å². The predicted molar refractivity (Wildman–Crippen MR) is 105 cm³/mol. The Morgan fingerprint density at radius 1 is 1.21 bits per heavy atom. The molecule has 0 saturated heterocycles. The van der Waals surface area contributed by atoms with Crippen LogP contribution in [0.2, 0.25) is 0 Å². The second kappa shape index (κ2) is 7.98. The summed E-state index contributed by atoms with van der Waals surface area (Å²) < 4.78 is 14.2. The van der Waals surface area contributed by atoms with E-state index in [-0.39, 0.29) is 24.1 Å². The summed E-state index contributed by atoms with van der Waals surface area (Å²) in [4.78, 5) is 29.2. The first kappa shape index (κ1) is 19.8. The van der Waals surface area contributed by atoms with Crippen molar-refractivity contribution in [2.45, 2.75) is 33.7 Å². The van der Waals surface area contributed by atoms with E-state index in [9.17, 15) is 9.59 Å². The van der Waals surface area contributed by atoms with E-state index in [0.29, 0.717) is 17.8 Å². The Morgan fingerprint density at radius 3 is 2.68 bits per heavy atom. The van der Waals surface area contributed by atoms with Crippen LogP contribution in [0.15, 0.2) is 30.6 Å². The van der Waals surface area contributed by atoms with Crippen molar-refractivity contribution in [3.63, 3.8) is 0 Å². The number of esters is 1. The fourth-order valence-corrected chi connectivity index (χ4v) is 3.52. The van der Waals surface area contributed by atoms with Crippen molar-refractivity contribution in [2.24, 2.45) is 0 Å². The lowest BCUT2D eigenvalue weighted by molar-refractivity contribution is 0.0469. The van der Waals surface area contributed by atoms with Gasteiger partial charge in [0.25, 0.3) is 0 Å². The van der Waals surface area contributed by atoms with Crippen molar-refractivity contribution in [3.05, 3.63) is 58.8 Å². The van der Waals surface area contributed by atoms with Crippen molar-refractivity contribution in [3.8, 4) is 0 Å². The Bertz CT molecular complexity index is 1030. The summed E-state index contributed by atoms with van der Waals surface area (Å²) >= 11 is 0. The third-order valence-corrected chi connectivity index (χ3v) is 4.79. The van der Waals surface area contributed by atoms with Crippen molar-refractivity contribution in [1.82, 2.24) is 14.0 Å². The molecule has 0 aliphatic heterocycles. The van der Waals surface area contributed by atoms with Gasteiger partial charge in [-0.25, -0.2) is 9.78 Å². The van der Waals surface area contributed by atoms with E-state index in [1.54, 1.807) is 17.7 Å². The number of imidazole rings is 1. The number of pyridine rings is 1. The predicted octanol–water partition coefficient (Wildman–Crippen LogP) is 3.31. The zero-order valence-electron chi connectivity index (χ0n) is 16.9. The van der Waals surface area contributed by atoms with E-state index < -0.39 is 5.97 Å². The molecule has 7 nitrogen and oxygen atoms in total. The number of hydrogen-bond acceptors (Lipinski definition) is 5. The summed E-state index contributed by atoms with van der Waals surface area (Å²) in [6.45, 7) is 8.04. The van der Waals surface area contributed by atoms with Gasteiger partial charge in [-0.05, 0) is 51.5 Å². The Labute approximate surface area is 163 Å².